The molecule has 0 aromatic heterocycles. The number of unbranched alkanes of at least 4 members (excludes halogenated alkanes) is 1. The van der Waals surface area contributed by atoms with Crippen LogP contribution in [0, 0.1) is 11.8 Å². The van der Waals surface area contributed by atoms with Gasteiger partial charge in [-0.1, -0.05) is 105 Å². The molecule has 0 saturated heterocycles. The molecular formula is C44H79ClO6Si3. The largest absolute Gasteiger partial charge is 0.465 e. The molecule has 5 atom stereocenters. The van der Waals surface area contributed by atoms with E-state index >= 15 is 0 Å². The third kappa shape index (κ3) is 15.7. The van der Waals surface area contributed by atoms with E-state index in [-0.39, 0.29) is 52.4 Å². The number of rotatable bonds is 21. The zero-order valence-corrected chi connectivity index (χ0v) is 40.8. The summed E-state index contributed by atoms with van der Waals surface area (Å²) in [5.74, 6) is 0.388. The second-order valence-corrected chi connectivity index (χ2v) is 35.1. The Balaban J connectivity index is 2.42. The molecule has 0 heterocycles. The molecule has 2 rings (SSSR count). The van der Waals surface area contributed by atoms with E-state index in [1.165, 1.54) is 5.56 Å². The average molecular weight is 824 g/mol. The first-order valence-electron chi connectivity index (χ1n) is 20.7. The van der Waals surface area contributed by atoms with Gasteiger partial charge in [-0.05, 0) is 135 Å². The average Bonchev–Trinajstić information content (AvgIpc) is 3.32. The summed E-state index contributed by atoms with van der Waals surface area (Å²) < 4.78 is 27.2. The minimum absolute atomic E-state index is 0.0435. The van der Waals surface area contributed by atoms with Crippen LogP contribution in [0.25, 0.3) is 0 Å². The molecule has 0 spiro atoms. The van der Waals surface area contributed by atoms with Crippen molar-refractivity contribution in [2.24, 2.45) is 11.8 Å². The third-order valence-corrected chi connectivity index (χ3v) is 26.8. The van der Waals surface area contributed by atoms with Gasteiger partial charge in [0.15, 0.2) is 25.0 Å². The molecule has 10 heteroatoms. The van der Waals surface area contributed by atoms with E-state index in [0.29, 0.717) is 24.7 Å². The van der Waals surface area contributed by atoms with Gasteiger partial charge in [0.25, 0.3) is 0 Å². The molecule has 310 valence electrons. The van der Waals surface area contributed by atoms with Gasteiger partial charge in [0.05, 0.1) is 25.2 Å². The van der Waals surface area contributed by atoms with E-state index in [0.717, 1.165) is 44.9 Å². The Labute approximate surface area is 339 Å². The number of carbonyl (C=O) groups is 2. The van der Waals surface area contributed by atoms with Crippen LogP contribution in [0.2, 0.25) is 54.4 Å². The van der Waals surface area contributed by atoms with Gasteiger partial charge in [0.1, 0.15) is 0 Å². The predicted molar refractivity (Wildman–Crippen MR) is 236 cm³/mol. The van der Waals surface area contributed by atoms with Crippen LogP contribution in [0.5, 0.6) is 0 Å². The summed E-state index contributed by atoms with van der Waals surface area (Å²) in [5, 5.41) is -0.147. The van der Waals surface area contributed by atoms with Crippen LogP contribution in [0.3, 0.4) is 0 Å². The number of carbonyl (C=O) groups excluding carboxylic acids is 2. The number of hydrogen-bond acceptors (Lipinski definition) is 6. The topological polar surface area (TPSA) is 71.1 Å². The van der Waals surface area contributed by atoms with Crippen molar-refractivity contribution in [2.75, 3.05) is 6.61 Å². The zero-order chi connectivity index (χ0) is 41.2. The molecule has 0 bridgehead atoms. The molecule has 0 amide bonds. The fraction of sp³-hybridized carbons (Fsp3) is 0.773. The highest BCUT2D eigenvalue weighted by Crippen LogP contribution is 2.49. The Morgan fingerprint density at radius 2 is 1.30 bits per heavy atom. The highest BCUT2D eigenvalue weighted by Gasteiger charge is 2.51. The molecule has 2 unspecified atom stereocenters. The van der Waals surface area contributed by atoms with Gasteiger partial charge in [-0.15, -0.1) is 0 Å². The van der Waals surface area contributed by atoms with E-state index in [9.17, 15) is 9.59 Å². The van der Waals surface area contributed by atoms with E-state index in [4.69, 9.17) is 29.6 Å². The Morgan fingerprint density at radius 3 is 1.81 bits per heavy atom. The van der Waals surface area contributed by atoms with Crippen LogP contribution in [-0.2, 0) is 34.0 Å². The van der Waals surface area contributed by atoms with Crippen LogP contribution < -0.4 is 0 Å². The highest BCUT2D eigenvalue weighted by atomic mass is 35.5. The van der Waals surface area contributed by atoms with Gasteiger partial charge in [-0.25, -0.2) is 0 Å². The first kappa shape index (κ1) is 49.1. The lowest BCUT2D eigenvalue weighted by Gasteiger charge is -2.41. The van der Waals surface area contributed by atoms with Crippen LogP contribution in [-0.4, -0.2) is 61.1 Å². The number of ether oxygens (including phenoxy) is 1. The van der Waals surface area contributed by atoms with Crippen LogP contribution in [0.1, 0.15) is 126 Å². The standard InChI is InChI=1S/C44H79ClO6Si3/c1-42(2,3)52(10,11)49-35(28-27-34-23-19-18-20-24-34)29-30-37-36(25-21-16-17-22-26-41(47)48-32-31-40(45)46)38(50-53(12,13)43(4,5)6)33-39(37)51-54(14,15)44(7,8)9/h16,18-21,23-24,35-39H,17,22,25-33H2,1-15H3/b21-16-/t35-,36-,37-,38?,39?/m1/s1. The molecule has 0 N–H and O–H groups in total. The van der Waals surface area contributed by atoms with E-state index in [1.807, 2.05) is 0 Å². The van der Waals surface area contributed by atoms with Crippen molar-refractivity contribution in [3.05, 3.63) is 48.0 Å². The molecule has 1 aromatic rings. The minimum Gasteiger partial charge on any atom is -0.465 e. The smallest absolute Gasteiger partial charge is 0.305 e. The fourth-order valence-corrected chi connectivity index (χ4v) is 10.8. The lowest BCUT2D eigenvalue weighted by molar-refractivity contribution is -0.144. The molecule has 1 aromatic carbocycles. The summed E-state index contributed by atoms with van der Waals surface area (Å²) in [6, 6.07) is 10.8. The molecule has 1 aliphatic carbocycles. The van der Waals surface area contributed by atoms with Crippen molar-refractivity contribution in [1.29, 1.82) is 0 Å². The monoisotopic (exact) mass is 822 g/mol. The number of hydrogen-bond donors (Lipinski definition) is 0. The summed E-state index contributed by atoms with van der Waals surface area (Å²) in [6.07, 6.45) is 12.8. The maximum atomic E-state index is 12.2. The van der Waals surface area contributed by atoms with Crippen LogP contribution >= 0.6 is 11.6 Å². The van der Waals surface area contributed by atoms with Gasteiger partial charge >= 0.3 is 5.97 Å². The van der Waals surface area contributed by atoms with Crippen molar-refractivity contribution in [3.63, 3.8) is 0 Å². The van der Waals surface area contributed by atoms with Gasteiger partial charge < -0.3 is 18.0 Å². The lowest BCUT2D eigenvalue weighted by atomic mass is 9.85. The number of aryl methyl sites for hydroxylation is 1. The van der Waals surface area contributed by atoms with Gasteiger partial charge in [0.2, 0.25) is 5.24 Å². The van der Waals surface area contributed by atoms with Crippen molar-refractivity contribution < 1.29 is 27.6 Å². The number of allylic oxidation sites excluding steroid dienone is 2. The summed E-state index contributed by atoms with van der Waals surface area (Å²) >= 11 is 5.37. The number of benzene rings is 1. The van der Waals surface area contributed by atoms with Crippen molar-refractivity contribution in [1.82, 2.24) is 0 Å². The van der Waals surface area contributed by atoms with E-state index in [1.54, 1.807) is 0 Å². The van der Waals surface area contributed by atoms with Crippen LogP contribution in [0.4, 0.5) is 0 Å². The Hall–Kier alpha value is -1.08. The molecule has 0 radical (unpaired) electrons. The molecule has 1 aliphatic rings. The van der Waals surface area contributed by atoms with E-state index < -0.39 is 30.2 Å². The van der Waals surface area contributed by atoms with Crippen molar-refractivity contribution >= 4 is 47.8 Å². The van der Waals surface area contributed by atoms with Gasteiger partial charge in [-0.3, -0.25) is 9.59 Å². The third-order valence-electron chi connectivity index (χ3n) is 13.0. The Kier molecular flexibility index (Phi) is 18.7. The first-order valence-corrected chi connectivity index (χ1v) is 29.8. The molecule has 6 nitrogen and oxygen atoms in total. The van der Waals surface area contributed by atoms with Gasteiger partial charge in [0, 0.05) is 12.5 Å². The molecule has 0 aliphatic heterocycles. The normalized spacial score (nSPS) is 21.1. The Morgan fingerprint density at radius 1 is 0.759 bits per heavy atom. The molecule has 1 fully saturated rings. The predicted octanol–water partition coefficient (Wildman–Crippen LogP) is 13.0. The van der Waals surface area contributed by atoms with E-state index in [2.05, 4.69) is 144 Å². The summed E-state index contributed by atoms with van der Waals surface area (Å²) in [7, 11) is -6.16. The SMILES string of the molecule is CC(C)(C)[Si](C)(C)OC1CC(O[Si](C)(C)C(C)(C)C)[C@H](CC[C@@H](CCc2ccccc2)O[Si](C)(C)C(C)(C)C)[C@H]1C/C=C\CCCC(=O)OCCC(=O)Cl. The summed E-state index contributed by atoms with van der Waals surface area (Å²) in [5.41, 5.74) is 1.37. The molecular weight excluding hydrogens is 744 g/mol. The first-order chi connectivity index (χ1) is 24.7. The van der Waals surface area contributed by atoms with Crippen molar-refractivity contribution in [2.45, 2.75) is 199 Å². The quantitative estimate of drug-likeness (QED) is 0.0404. The second-order valence-electron chi connectivity index (χ2n) is 20.4. The fourth-order valence-electron chi connectivity index (χ4n) is 6.50. The van der Waals surface area contributed by atoms with Crippen LogP contribution in [0.15, 0.2) is 42.5 Å². The highest BCUT2D eigenvalue weighted by molar-refractivity contribution is 6.75. The number of halogens is 1. The minimum atomic E-state index is -2.08. The molecule has 54 heavy (non-hydrogen) atoms. The van der Waals surface area contributed by atoms with Gasteiger partial charge in [-0.2, -0.15) is 0 Å². The maximum Gasteiger partial charge on any atom is 0.305 e. The lowest BCUT2D eigenvalue weighted by Crippen LogP contribution is -2.45. The zero-order valence-electron chi connectivity index (χ0n) is 37.0. The Bertz CT molecular complexity index is 1330. The second kappa shape index (κ2) is 20.6. The maximum absolute atomic E-state index is 12.2. The summed E-state index contributed by atoms with van der Waals surface area (Å²) in [6.45, 7) is 35.4. The van der Waals surface area contributed by atoms with Crippen molar-refractivity contribution in [3.8, 4) is 0 Å². The molecule has 1 saturated carbocycles. The summed E-state index contributed by atoms with van der Waals surface area (Å²) in [4.78, 5) is 23.1. The number of esters is 1.